The molecule has 0 aliphatic heterocycles. The van der Waals surface area contributed by atoms with Crippen molar-refractivity contribution < 1.29 is 9.59 Å². The molecule has 0 unspecified atom stereocenters. The van der Waals surface area contributed by atoms with Gasteiger partial charge in [0.1, 0.15) is 0 Å². The maximum atomic E-state index is 11.4. The molecule has 0 aliphatic carbocycles. The van der Waals surface area contributed by atoms with Gasteiger partial charge < -0.3 is 11.1 Å². The third-order valence-electron chi connectivity index (χ3n) is 3.01. The number of halogens is 2. The molecule has 0 aromatic heterocycles. The van der Waals surface area contributed by atoms with Crippen molar-refractivity contribution in [2.75, 3.05) is 5.32 Å². The molecule has 0 saturated carbocycles. The fourth-order valence-electron chi connectivity index (χ4n) is 2.20. The summed E-state index contributed by atoms with van der Waals surface area (Å²) in [4.78, 5) is 22.7. The minimum atomic E-state index is -0.405. The zero-order valence-corrected chi connectivity index (χ0v) is 15.0. The van der Waals surface area contributed by atoms with Gasteiger partial charge in [0, 0.05) is 27.1 Å². The number of hydrogen-bond acceptors (Lipinski definition) is 2. The highest BCUT2D eigenvalue weighted by Gasteiger charge is 2.13. The molecule has 6 heteroatoms. The van der Waals surface area contributed by atoms with E-state index >= 15 is 0 Å². The second-order valence-electron chi connectivity index (χ2n) is 4.82. The zero-order chi connectivity index (χ0) is 16.3. The average Bonchev–Trinajstić information content (AvgIpc) is 2.38. The Morgan fingerprint density at radius 2 is 1.64 bits per heavy atom. The third-order valence-corrected chi connectivity index (χ3v) is 4.00. The fourth-order valence-corrected chi connectivity index (χ4v) is 2.97. The number of amides is 2. The van der Waals surface area contributed by atoms with Gasteiger partial charge in [-0.1, -0.05) is 44.0 Å². The number of carbonyl (C=O) groups excluding carboxylic acids is 2. The van der Waals surface area contributed by atoms with Gasteiger partial charge in [-0.3, -0.25) is 9.59 Å². The number of anilines is 1. The van der Waals surface area contributed by atoms with E-state index < -0.39 is 5.91 Å². The highest BCUT2D eigenvalue weighted by molar-refractivity contribution is 9.10. The number of carbonyl (C=O) groups is 2. The van der Waals surface area contributed by atoms with Crippen LogP contribution < -0.4 is 11.1 Å². The first-order valence-corrected chi connectivity index (χ1v) is 8.09. The highest BCUT2D eigenvalue weighted by atomic mass is 79.9. The molecule has 2 amide bonds. The monoisotopic (exact) mass is 424 g/mol. The lowest BCUT2D eigenvalue weighted by atomic mass is 9.96. The van der Waals surface area contributed by atoms with Crippen LogP contribution >= 0.6 is 31.9 Å². The molecule has 2 rings (SSSR count). The van der Waals surface area contributed by atoms with Crippen molar-refractivity contribution >= 4 is 49.4 Å². The van der Waals surface area contributed by atoms with Crippen molar-refractivity contribution in [3.05, 3.63) is 50.9 Å². The Morgan fingerprint density at radius 1 is 1.05 bits per heavy atom. The first-order valence-electron chi connectivity index (χ1n) is 6.51. The van der Waals surface area contributed by atoms with E-state index in [1.807, 2.05) is 36.4 Å². The largest absolute Gasteiger partial charge is 0.369 e. The highest BCUT2D eigenvalue weighted by Crippen LogP contribution is 2.34. The first-order chi connectivity index (χ1) is 10.4. The number of rotatable bonds is 4. The van der Waals surface area contributed by atoms with Crippen LogP contribution in [0.25, 0.3) is 11.1 Å². The summed E-state index contributed by atoms with van der Waals surface area (Å²) in [5.41, 5.74) is 8.51. The minimum Gasteiger partial charge on any atom is -0.369 e. The Bertz CT molecular complexity index is 681. The number of benzene rings is 2. The molecule has 0 spiro atoms. The summed E-state index contributed by atoms with van der Waals surface area (Å²) in [5, 5.41) is 2.81. The molecule has 0 atom stereocenters. The second-order valence-corrected chi connectivity index (χ2v) is 6.65. The second kappa shape index (κ2) is 7.07. The lowest BCUT2D eigenvalue weighted by Crippen LogP contribution is -2.14. The van der Waals surface area contributed by atoms with E-state index in [9.17, 15) is 9.59 Å². The van der Waals surface area contributed by atoms with Gasteiger partial charge in [-0.2, -0.15) is 0 Å². The van der Waals surface area contributed by atoms with E-state index in [0.717, 1.165) is 25.6 Å². The molecule has 0 bridgehead atoms. The first kappa shape index (κ1) is 16.7. The summed E-state index contributed by atoms with van der Waals surface area (Å²) >= 11 is 6.80. The van der Waals surface area contributed by atoms with Gasteiger partial charge in [0.25, 0.3) is 0 Å². The normalized spacial score (nSPS) is 10.3. The fraction of sp³-hybridized carbons (Fsp3) is 0.125. The molecule has 3 N–H and O–H groups in total. The number of primary amides is 1. The van der Waals surface area contributed by atoms with Crippen LogP contribution in [-0.4, -0.2) is 11.8 Å². The standard InChI is InChI=1S/C16H14Br2N2O2/c1-9(21)20-15-8-12(18)3-5-14(15)13-4-2-11(17)6-10(13)7-16(19)22/h2-6,8H,7H2,1H3,(H2,19,22)(H,20,21). The van der Waals surface area contributed by atoms with Crippen LogP contribution in [0.5, 0.6) is 0 Å². The molecule has 0 fully saturated rings. The van der Waals surface area contributed by atoms with Gasteiger partial charge in [-0.25, -0.2) is 0 Å². The van der Waals surface area contributed by atoms with E-state index in [-0.39, 0.29) is 12.3 Å². The molecule has 2 aromatic carbocycles. The van der Waals surface area contributed by atoms with Gasteiger partial charge >= 0.3 is 0 Å². The molecule has 0 radical (unpaired) electrons. The zero-order valence-electron chi connectivity index (χ0n) is 11.8. The molecule has 22 heavy (non-hydrogen) atoms. The molecular weight excluding hydrogens is 412 g/mol. The average molecular weight is 426 g/mol. The number of nitrogens with one attached hydrogen (secondary N) is 1. The Morgan fingerprint density at radius 3 is 2.23 bits per heavy atom. The van der Waals surface area contributed by atoms with E-state index in [4.69, 9.17) is 5.73 Å². The van der Waals surface area contributed by atoms with E-state index in [1.54, 1.807) is 0 Å². The van der Waals surface area contributed by atoms with Crippen molar-refractivity contribution in [1.82, 2.24) is 0 Å². The minimum absolute atomic E-state index is 0.129. The Hall–Kier alpha value is -1.66. The summed E-state index contributed by atoms with van der Waals surface area (Å²) in [7, 11) is 0. The predicted octanol–water partition coefficient (Wildman–Crippen LogP) is 3.86. The SMILES string of the molecule is CC(=O)Nc1cc(Br)ccc1-c1ccc(Br)cc1CC(N)=O. The molecule has 4 nitrogen and oxygen atoms in total. The quantitative estimate of drug-likeness (QED) is 0.780. The van der Waals surface area contributed by atoms with Crippen LogP contribution in [0.15, 0.2) is 45.3 Å². The van der Waals surface area contributed by atoms with Gasteiger partial charge in [-0.15, -0.1) is 0 Å². The lowest BCUT2D eigenvalue weighted by Gasteiger charge is -2.14. The van der Waals surface area contributed by atoms with Crippen LogP contribution in [0.3, 0.4) is 0 Å². The van der Waals surface area contributed by atoms with E-state index in [0.29, 0.717) is 5.69 Å². The molecule has 0 heterocycles. The van der Waals surface area contributed by atoms with Gasteiger partial charge in [0.15, 0.2) is 0 Å². The van der Waals surface area contributed by atoms with Gasteiger partial charge in [0.05, 0.1) is 6.42 Å². The third kappa shape index (κ3) is 4.18. The van der Waals surface area contributed by atoms with Crippen molar-refractivity contribution in [2.45, 2.75) is 13.3 Å². The van der Waals surface area contributed by atoms with Crippen LogP contribution in [0.2, 0.25) is 0 Å². The maximum Gasteiger partial charge on any atom is 0.221 e. The predicted molar refractivity (Wildman–Crippen MR) is 94.5 cm³/mol. The van der Waals surface area contributed by atoms with Gasteiger partial charge in [0.2, 0.25) is 11.8 Å². The number of nitrogens with two attached hydrogens (primary N) is 1. The summed E-state index contributed by atoms with van der Waals surface area (Å²) in [5.74, 6) is -0.564. The molecule has 0 aliphatic rings. The summed E-state index contributed by atoms with van der Waals surface area (Å²) in [6, 6.07) is 11.3. The van der Waals surface area contributed by atoms with Gasteiger partial charge in [-0.05, 0) is 35.4 Å². The number of hydrogen-bond donors (Lipinski definition) is 2. The van der Waals surface area contributed by atoms with Crippen molar-refractivity contribution in [3.8, 4) is 11.1 Å². The summed E-state index contributed by atoms with van der Waals surface area (Å²) < 4.78 is 1.72. The van der Waals surface area contributed by atoms with Crippen LogP contribution in [0, 0.1) is 0 Å². The molecular formula is C16H14Br2N2O2. The van der Waals surface area contributed by atoms with Crippen LogP contribution in [0.1, 0.15) is 12.5 Å². The molecule has 114 valence electrons. The van der Waals surface area contributed by atoms with Crippen molar-refractivity contribution in [1.29, 1.82) is 0 Å². The Balaban J connectivity index is 2.60. The van der Waals surface area contributed by atoms with Crippen molar-refractivity contribution in [3.63, 3.8) is 0 Å². The molecule has 2 aromatic rings. The smallest absolute Gasteiger partial charge is 0.221 e. The summed E-state index contributed by atoms with van der Waals surface area (Å²) in [6.45, 7) is 1.45. The lowest BCUT2D eigenvalue weighted by molar-refractivity contribution is -0.117. The van der Waals surface area contributed by atoms with E-state index in [1.165, 1.54) is 6.92 Å². The maximum absolute atomic E-state index is 11.4. The van der Waals surface area contributed by atoms with Crippen molar-refractivity contribution in [2.24, 2.45) is 5.73 Å². The van der Waals surface area contributed by atoms with E-state index in [2.05, 4.69) is 37.2 Å². The van der Waals surface area contributed by atoms with Crippen LogP contribution in [0.4, 0.5) is 5.69 Å². The molecule has 0 saturated heterocycles. The topological polar surface area (TPSA) is 72.2 Å². The van der Waals surface area contributed by atoms with Crippen LogP contribution in [-0.2, 0) is 16.0 Å². The Labute approximate surface area is 145 Å². The summed E-state index contributed by atoms with van der Waals surface area (Å²) in [6.07, 6.45) is 0.129. The Kier molecular flexibility index (Phi) is 5.37.